The minimum atomic E-state index is 0.317. The van der Waals surface area contributed by atoms with Crippen molar-refractivity contribution in [3.05, 3.63) is 29.8 Å². The molecule has 2 atom stereocenters. The Morgan fingerprint density at radius 1 is 1.24 bits per heavy atom. The second-order valence-electron chi connectivity index (χ2n) is 4.35. The number of nitrogens with one attached hydrogen (secondary N) is 1. The van der Waals surface area contributed by atoms with Gasteiger partial charge in [-0.15, -0.1) is 0 Å². The molecular formula is C14H23NO2. The van der Waals surface area contributed by atoms with Gasteiger partial charge >= 0.3 is 0 Å². The van der Waals surface area contributed by atoms with E-state index in [1.807, 2.05) is 12.1 Å². The summed E-state index contributed by atoms with van der Waals surface area (Å²) in [5.41, 5.74) is 1.24. The fraction of sp³-hybridized carbons (Fsp3) is 0.571. The molecule has 0 saturated carbocycles. The number of hydrogen-bond acceptors (Lipinski definition) is 3. The molecule has 1 aromatic rings. The summed E-state index contributed by atoms with van der Waals surface area (Å²) in [7, 11) is 3.43. The van der Waals surface area contributed by atoms with E-state index < -0.39 is 0 Å². The van der Waals surface area contributed by atoms with E-state index in [9.17, 15) is 0 Å². The maximum atomic E-state index is 5.23. The number of rotatable bonds is 7. The molecule has 17 heavy (non-hydrogen) atoms. The van der Waals surface area contributed by atoms with Crippen LogP contribution in [-0.2, 0) is 4.74 Å². The molecular weight excluding hydrogens is 214 g/mol. The quantitative estimate of drug-likeness (QED) is 0.791. The van der Waals surface area contributed by atoms with E-state index in [2.05, 4.69) is 31.3 Å². The Balaban J connectivity index is 2.53. The maximum absolute atomic E-state index is 5.23. The maximum Gasteiger partial charge on any atom is 0.119 e. The van der Waals surface area contributed by atoms with Crippen molar-refractivity contribution < 1.29 is 9.47 Å². The Hall–Kier alpha value is -1.06. The lowest BCUT2D eigenvalue weighted by Gasteiger charge is -2.20. The highest BCUT2D eigenvalue weighted by molar-refractivity contribution is 5.30. The third kappa shape index (κ3) is 4.75. The molecule has 0 aliphatic carbocycles. The smallest absolute Gasteiger partial charge is 0.119 e. The number of benzene rings is 1. The lowest BCUT2D eigenvalue weighted by Crippen LogP contribution is -2.29. The summed E-state index contributed by atoms with van der Waals surface area (Å²) in [5.74, 6) is 0.903. The summed E-state index contributed by atoms with van der Waals surface area (Å²) < 4.78 is 10.3. The summed E-state index contributed by atoms with van der Waals surface area (Å²) in [4.78, 5) is 0. The van der Waals surface area contributed by atoms with Crippen LogP contribution in [0.3, 0.4) is 0 Å². The van der Waals surface area contributed by atoms with Gasteiger partial charge in [0.15, 0.2) is 0 Å². The Kier molecular flexibility index (Phi) is 6.01. The van der Waals surface area contributed by atoms with Crippen molar-refractivity contribution in [2.75, 3.05) is 20.8 Å². The van der Waals surface area contributed by atoms with Crippen LogP contribution in [0.1, 0.15) is 31.9 Å². The van der Waals surface area contributed by atoms with Crippen molar-refractivity contribution in [1.82, 2.24) is 5.32 Å². The van der Waals surface area contributed by atoms with Gasteiger partial charge in [-0.05, 0) is 38.0 Å². The van der Waals surface area contributed by atoms with Crippen LogP contribution in [-0.4, -0.2) is 26.9 Å². The monoisotopic (exact) mass is 237 g/mol. The fourth-order valence-corrected chi connectivity index (χ4v) is 1.81. The van der Waals surface area contributed by atoms with Gasteiger partial charge in [0.05, 0.1) is 7.11 Å². The number of methoxy groups -OCH3 is 2. The van der Waals surface area contributed by atoms with Crippen molar-refractivity contribution >= 4 is 0 Å². The molecule has 0 aromatic heterocycles. The topological polar surface area (TPSA) is 30.5 Å². The fourth-order valence-electron chi connectivity index (χ4n) is 1.81. The van der Waals surface area contributed by atoms with Gasteiger partial charge in [0.2, 0.25) is 0 Å². The molecule has 1 aromatic carbocycles. The SMILES string of the molecule is COCCC(C)NC(C)c1cccc(OC)c1. The summed E-state index contributed by atoms with van der Waals surface area (Å²) in [6, 6.07) is 8.92. The zero-order valence-corrected chi connectivity index (χ0v) is 11.2. The second-order valence-corrected chi connectivity index (χ2v) is 4.35. The molecule has 96 valence electrons. The Morgan fingerprint density at radius 2 is 2.00 bits per heavy atom. The molecule has 0 saturated heterocycles. The molecule has 0 heterocycles. The first kappa shape index (κ1) is 14.0. The molecule has 0 aliphatic heterocycles. The van der Waals surface area contributed by atoms with Crippen molar-refractivity contribution in [2.45, 2.75) is 32.4 Å². The van der Waals surface area contributed by atoms with Crippen LogP contribution in [0.5, 0.6) is 5.75 Å². The summed E-state index contributed by atoms with van der Waals surface area (Å²) in [5, 5.41) is 3.55. The van der Waals surface area contributed by atoms with E-state index in [1.54, 1.807) is 14.2 Å². The lowest BCUT2D eigenvalue weighted by atomic mass is 10.1. The predicted molar refractivity (Wildman–Crippen MR) is 70.5 cm³/mol. The normalized spacial score (nSPS) is 14.4. The molecule has 0 amide bonds. The van der Waals surface area contributed by atoms with E-state index in [1.165, 1.54) is 5.56 Å². The summed E-state index contributed by atoms with van der Waals surface area (Å²) in [6.45, 7) is 5.13. The van der Waals surface area contributed by atoms with Gasteiger partial charge in [-0.3, -0.25) is 0 Å². The van der Waals surface area contributed by atoms with Crippen LogP contribution in [0.4, 0.5) is 0 Å². The number of ether oxygens (including phenoxy) is 2. The zero-order valence-electron chi connectivity index (χ0n) is 11.2. The predicted octanol–water partition coefficient (Wildman–Crippen LogP) is 2.77. The van der Waals surface area contributed by atoms with Gasteiger partial charge in [-0.25, -0.2) is 0 Å². The molecule has 0 radical (unpaired) electrons. The van der Waals surface area contributed by atoms with E-state index in [4.69, 9.17) is 9.47 Å². The molecule has 3 nitrogen and oxygen atoms in total. The van der Waals surface area contributed by atoms with Crippen LogP contribution < -0.4 is 10.1 Å². The van der Waals surface area contributed by atoms with Crippen LogP contribution in [0.25, 0.3) is 0 Å². The third-order valence-electron chi connectivity index (χ3n) is 2.88. The van der Waals surface area contributed by atoms with E-state index in [-0.39, 0.29) is 0 Å². The van der Waals surface area contributed by atoms with Crippen molar-refractivity contribution in [2.24, 2.45) is 0 Å². The minimum absolute atomic E-state index is 0.317. The lowest BCUT2D eigenvalue weighted by molar-refractivity contribution is 0.183. The third-order valence-corrected chi connectivity index (χ3v) is 2.88. The highest BCUT2D eigenvalue weighted by Crippen LogP contribution is 2.19. The van der Waals surface area contributed by atoms with E-state index >= 15 is 0 Å². The van der Waals surface area contributed by atoms with Crippen molar-refractivity contribution in [1.29, 1.82) is 0 Å². The van der Waals surface area contributed by atoms with E-state index in [0.717, 1.165) is 18.8 Å². The van der Waals surface area contributed by atoms with Crippen LogP contribution in [0.15, 0.2) is 24.3 Å². The molecule has 3 heteroatoms. The van der Waals surface area contributed by atoms with Gasteiger partial charge in [-0.2, -0.15) is 0 Å². The van der Waals surface area contributed by atoms with Gasteiger partial charge in [0.25, 0.3) is 0 Å². The van der Waals surface area contributed by atoms with E-state index in [0.29, 0.717) is 12.1 Å². The molecule has 0 fully saturated rings. The summed E-state index contributed by atoms with van der Waals surface area (Å²) >= 11 is 0. The largest absolute Gasteiger partial charge is 0.497 e. The standard InChI is InChI=1S/C14H23NO2/c1-11(8-9-16-3)15-12(2)13-6-5-7-14(10-13)17-4/h5-7,10-12,15H,8-9H2,1-4H3. The van der Waals surface area contributed by atoms with Gasteiger partial charge < -0.3 is 14.8 Å². The molecule has 1 rings (SSSR count). The molecule has 1 N–H and O–H groups in total. The average molecular weight is 237 g/mol. The molecule has 2 unspecified atom stereocenters. The van der Waals surface area contributed by atoms with Crippen molar-refractivity contribution in [3.63, 3.8) is 0 Å². The zero-order chi connectivity index (χ0) is 12.7. The Labute approximate surface area is 104 Å². The molecule has 0 bridgehead atoms. The Morgan fingerprint density at radius 3 is 2.65 bits per heavy atom. The highest BCUT2D eigenvalue weighted by Gasteiger charge is 2.09. The van der Waals surface area contributed by atoms with Crippen LogP contribution >= 0.6 is 0 Å². The first-order valence-corrected chi connectivity index (χ1v) is 6.06. The number of hydrogen-bond donors (Lipinski definition) is 1. The van der Waals surface area contributed by atoms with Crippen molar-refractivity contribution in [3.8, 4) is 5.75 Å². The van der Waals surface area contributed by atoms with Gasteiger partial charge in [-0.1, -0.05) is 12.1 Å². The summed E-state index contributed by atoms with van der Waals surface area (Å²) in [6.07, 6.45) is 1.02. The molecule has 0 spiro atoms. The van der Waals surface area contributed by atoms with Crippen LogP contribution in [0, 0.1) is 0 Å². The average Bonchev–Trinajstić information content (AvgIpc) is 2.36. The Bertz CT molecular complexity index is 328. The minimum Gasteiger partial charge on any atom is -0.497 e. The first-order valence-electron chi connectivity index (χ1n) is 6.06. The second kappa shape index (κ2) is 7.30. The molecule has 0 aliphatic rings. The first-order chi connectivity index (χ1) is 8.17. The van der Waals surface area contributed by atoms with Gasteiger partial charge in [0, 0.05) is 25.8 Å². The van der Waals surface area contributed by atoms with Gasteiger partial charge in [0.1, 0.15) is 5.75 Å². The highest BCUT2D eigenvalue weighted by atomic mass is 16.5. The van der Waals surface area contributed by atoms with Crippen LogP contribution in [0.2, 0.25) is 0 Å².